The van der Waals surface area contributed by atoms with E-state index in [4.69, 9.17) is 9.47 Å². The minimum absolute atomic E-state index is 0.0705. The van der Waals surface area contributed by atoms with Crippen LogP contribution < -0.4 is 20.1 Å². The molecule has 2 amide bonds. The van der Waals surface area contributed by atoms with E-state index in [1.807, 2.05) is 29.6 Å². The van der Waals surface area contributed by atoms with Crippen molar-refractivity contribution < 1.29 is 24.2 Å². The van der Waals surface area contributed by atoms with Crippen LogP contribution in [0, 0.1) is 0 Å². The number of hydrogen-bond acceptors (Lipinski definition) is 6. The zero-order valence-electron chi connectivity index (χ0n) is 15.4. The number of carbonyl (C=O) groups is 2. The quantitative estimate of drug-likeness (QED) is 0.553. The molecule has 28 heavy (non-hydrogen) atoms. The summed E-state index contributed by atoms with van der Waals surface area (Å²) in [5, 5.41) is 18.1. The summed E-state index contributed by atoms with van der Waals surface area (Å²) < 4.78 is 11.3. The van der Waals surface area contributed by atoms with Crippen molar-refractivity contribution in [1.29, 1.82) is 0 Å². The molecule has 1 heterocycles. The van der Waals surface area contributed by atoms with E-state index in [-0.39, 0.29) is 6.54 Å². The van der Waals surface area contributed by atoms with Gasteiger partial charge in [-0.15, -0.1) is 11.3 Å². The summed E-state index contributed by atoms with van der Waals surface area (Å²) in [6.45, 7) is -0.0705. The number of aliphatic hydroxyl groups is 1. The molecule has 1 unspecified atom stereocenters. The Labute approximate surface area is 165 Å². The third kappa shape index (κ3) is 4.24. The second-order valence-electron chi connectivity index (χ2n) is 5.94. The monoisotopic (exact) mass is 400 g/mol. The van der Waals surface area contributed by atoms with Crippen molar-refractivity contribution >= 4 is 38.9 Å². The lowest BCUT2D eigenvalue weighted by Crippen LogP contribution is -2.37. The molecular weight excluding hydrogens is 380 g/mol. The summed E-state index contributed by atoms with van der Waals surface area (Å²) in [5.41, 5.74) is 1.11. The van der Waals surface area contributed by atoms with Crippen molar-refractivity contribution in [2.75, 3.05) is 26.1 Å². The fraction of sp³-hybridized carbons (Fsp3) is 0.200. The van der Waals surface area contributed by atoms with Gasteiger partial charge in [0.1, 0.15) is 0 Å². The number of anilines is 1. The number of carbonyl (C=O) groups excluding carboxylic acids is 2. The van der Waals surface area contributed by atoms with Gasteiger partial charge in [-0.1, -0.05) is 18.2 Å². The average Bonchev–Trinajstić information content (AvgIpc) is 3.15. The van der Waals surface area contributed by atoms with E-state index in [0.29, 0.717) is 17.2 Å². The number of nitrogens with one attached hydrogen (secondary N) is 2. The van der Waals surface area contributed by atoms with E-state index < -0.39 is 17.9 Å². The van der Waals surface area contributed by atoms with Gasteiger partial charge in [0, 0.05) is 28.6 Å². The largest absolute Gasteiger partial charge is 0.493 e. The Bertz CT molecular complexity index is 1000. The van der Waals surface area contributed by atoms with Gasteiger partial charge in [-0.2, -0.15) is 0 Å². The molecule has 7 nitrogen and oxygen atoms in total. The van der Waals surface area contributed by atoms with E-state index in [1.165, 1.54) is 25.6 Å². The third-order valence-electron chi connectivity index (χ3n) is 4.17. The van der Waals surface area contributed by atoms with Gasteiger partial charge in [0.05, 0.1) is 20.3 Å². The Balaban J connectivity index is 1.59. The maximum atomic E-state index is 12.1. The first-order chi connectivity index (χ1) is 13.5. The summed E-state index contributed by atoms with van der Waals surface area (Å²) in [5.74, 6) is -0.737. The van der Waals surface area contributed by atoms with Gasteiger partial charge in [-0.05, 0) is 29.0 Å². The molecule has 2 aromatic carbocycles. The smallest absolute Gasteiger partial charge is 0.313 e. The highest BCUT2D eigenvalue weighted by atomic mass is 32.1. The lowest BCUT2D eigenvalue weighted by Gasteiger charge is -2.12. The number of hydrogen-bond donors (Lipinski definition) is 3. The van der Waals surface area contributed by atoms with Crippen molar-refractivity contribution in [3.05, 3.63) is 53.4 Å². The number of benzene rings is 2. The highest BCUT2D eigenvalue weighted by Crippen LogP contribution is 2.30. The van der Waals surface area contributed by atoms with Crippen LogP contribution in [0.1, 0.15) is 11.7 Å². The molecule has 0 radical (unpaired) electrons. The summed E-state index contributed by atoms with van der Waals surface area (Å²) in [6, 6.07) is 12.5. The van der Waals surface area contributed by atoms with E-state index in [9.17, 15) is 14.7 Å². The van der Waals surface area contributed by atoms with Crippen LogP contribution in [0.5, 0.6) is 11.5 Å². The number of thiophene rings is 1. The van der Waals surface area contributed by atoms with Crippen molar-refractivity contribution in [2.45, 2.75) is 6.10 Å². The molecule has 0 fully saturated rings. The van der Waals surface area contributed by atoms with Crippen molar-refractivity contribution in [3.63, 3.8) is 0 Å². The van der Waals surface area contributed by atoms with Crippen molar-refractivity contribution in [1.82, 2.24) is 5.32 Å². The van der Waals surface area contributed by atoms with Gasteiger partial charge in [-0.3, -0.25) is 9.59 Å². The average molecular weight is 400 g/mol. The Kier molecular flexibility index (Phi) is 6.13. The van der Waals surface area contributed by atoms with Crippen molar-refractivity contribution in [3.8, 4) is 11.5 Å². The first-order valence-corrected chi connectivity index (χ1v) is 9.37. The van der Waals surface area contributed by atoms with Gasteiger partial charge in [0.2, 0.25) is 0 Å². The van der Waals surface area contributed by atoms with Gasteiger partial charge in [-0.25, -0.2) is 0 Å². The highest BCUT2D eigenvalue weighted by molar-refractivity contribution is 7.17. The topological polar surface area (TPSA) is 96.9 Å². The predicted molar refractivity (Wildman–Crippen MR) is 108 cm³/mol. The second kappa shape index (κ2) is 8.73. The maximum Gasteiger partial charge on any atom is 0.313 e. The number of aliphatic hydroxyl groups excluding tert-OH is 1. The molecule has 8 heteroatoms. The molecule has 0 saturated carbocycles. The Morgan fingerprint density at radius 2 is 1.82 bits per heavy atom. The zero-order valence-corrected chi connectivity index (χ0v) is 16.2. The van der Waals surface area contributed by atoms with E-state index >= 15 is 0 Å². The molecule has 3 N–H and O–H groups in total. The lowest BCUT2D eigenvalue weighted by atomic mass is 10.1. The van der Waals surface area contributed by atoms with Crippen LogP contribution in [0.4, 0.5) is 5.69 Å². The van der Waals surface area contributed by atoms with Gasteiger partial charge >= 0.3 is 11.8 Å². The van der Waals surface area contributed by atoms with Crippen LogP contribution in [0.25, 0.3) is 10.1 Å². The van der Waals surface area contributed by atoms with Crippen LogP contribution in [0.15, 0.2) is 47.8 Å². The molecule has 0 spiro atoms. The first kappa shape index (κ1) is 19.7. The molecule has 146 valence electrons. The summed E-state index contributed by atoms with van der Waals surface area (Å²) in [7, 11) is 2.98. The van der Waals surface area contributed by atoms with Gasteiger partial charge in [0.15, 0.2) is 11.5 Å². The third-order valence-corrected chi connectivity index (χ3v) is 5.16. The minimum Gasteiger partial charge on any atom is -0.493 e. The lowest BCUT2D eigenvalue weighted by molar-refractivity contribution is -0.136. The van der Waals surface area contributed by atoms with Crippen LogP contribution in [0.3, 0.4) is 0 Å². The maximum absolute atomic E-state index is 12.1. The van der Waals surface area contributed by atoms with E-state index in [2.05, 4.69) is 10.6 Å². The number of fused-ring (bicyclic) bond motifs is 1. The summed E-state index contributed by atoms with van der Waals surface area (Å²) in [4.78, 5) is 24.2. The molecule has 0 bridgehead atoms. The van der Waals surface area contributed by atoms with Crippen molar-refractivity contribution in [2.24, 2.45) is 0 Å². The molecule has 3 aromatic rings. The van der Waals surface area contributed by atoms with E-state index in [0.717, 1.165) is 15.6 Å². The molecule has 0 aliphatic carbocycles. The Morgan fingerprint density at radius 1 is 1.07 bits per heavy atom. The van der Waals surface area contributed by atoms with Crippen LogP contribution in [-0.2, 0) is 9.59 Å². The molecule has 3 rings (SSSR count). The number of amides is 2. The SMILES string of the molecule is COc1ccc(NC(=O)C(=O)NCC(O)c2csc3ccccc23)cc1OC. The normalized spacial score (nSPS) is 11.7. The molecular formula is C20H20N2O5S. The number of rotatable bonds is 6. The molecule has 0 aliphatic rings. The van der Waals surface area contributed by atoms with Gasteiger partial charge < -0.3 is 25.2 Å². The predicted octanol–water partition coefficient (Wildman–Crippen LogP) is 2.71. The van der Waals surface area contributed by atoms with Crippen LogP contribution in [0.2, 0.25) is 0 Å². The molecule has 1 aromatic heterocycles. The molecule has 1 atom stereocenters. The number of ether oxygens (including phenoxy) is 2. The molecule has 0 saturated heterocycles. The Hall–Kier alpha value is -3.10. The van der Waals surface area contributed by atoms with Crippen LogP contribution >= 0.6 is 11.3 Å². The minimum atomic E-state index is -0.908. The van der Waals surface area contributed by atoms with Gasteiger partial charge in [0.25, 0.3) is 0 Å². The second-order valence-corrected chi connectivity index (χ2v) is 6.85. The zero-order chi connectivity index (χ0) is 20.1. The van der Waals surface area contributed by atoms with E-state index in [1.54, 1.807) is 18.2 Å². The first-order valence-electron chi connectivity index (χ1n) is 8.49. The fourth-order valence-corrected chi connectivity index (χ4v) is 3.75. The number of methoxy groups -OCH3 is 2. The fourth-order valence-electron chi connectivity index (χ4n) is 2.74. The molecule has 0 aliphatic heterocycles. The standard InChI is InChI=1S/C20H20N2O5S/c1-26-16-8-7-12(9-17(16)27-2)22-20(25)19(24)21-10-15(23)14-11-28-18-6-4-3-5-13(14)18/h3-9,11,15,23H,10H2,1-2H3,(H,21,24)(H,22,25). The Morgan fingerprint density at radius 3 is 2.57 bits per heavy atom. The summed E-state index contributed by atoms with van der Waals surface area (Å²) >= 11 is 1.52. The highest BCUT2D eigenvalue weighted by Gasteiger charge is 2.18. The summed E-state index contributed by atoms with van der Waals surface area (Å²) in [6.07, 6.45) is -0.908. The van der Waals surface area contributed by atoms with Crippen LogP contribution in [-0.4, -0.2) is 37.7 Å².